The normalized spacial score (nSPS) is 11.5. The second-order valence-electron chi connectivity index (χ2n) is 11.5. The Kier molecular flexibility index (Phi) is 9.76. The van der Waals surface area contributed by atoms with Gasteiger partial charge in [0.25, 0.3) is 32.1 Å². The molecule has 0 bridgehead atoms. The maximum Gasteiger partial charge on any atom is 0.314 e. The van der Waals surface area contributed by atoms with Gasteiger partial charge in [0.05, 0.1) is 0 Å². The standard InChI is InChI=1S/C36H26N4O12S2/c41-27-5-1-3-23-25(15-17-29(31(23)27)53(47,48)49)39-33(43)19-7-11-21(12-8-19)37-35(45)36(46)38-22-13-9-20(10-14-22)34(44)40-26-16-18-30(54(50,51)52)32-24(26)4-2-6-28(32)42/h1-18,41-42H,(H,37,45)(H,38,46)(H,39,43)(H,40,44)(H,47,48,49)(H,50,51,52). The summed E-state index contributed by atoms with van der Waals surface area (Å²) in [6.45, 7) is 0. The van der Waals surface area contributed by atoms with Crippen LogP contribution < -0.4 is 21.3 Å². The molecule has 0 saturated carbocycles. The van der Waals surface area contributed by atoms with E-state index in [1.807, 2.05) is 0 Å². The van der Waals surface area contributed by atoms with Crippen LogP contribution in [0.3, 0.4) is 0 Å². The molecule has 18 heteroatoms. The Labute approximate surface area is 305 Å². The molecule has 0 spiro atoms. The van der Waals surface area contributed by atoms with E-state index in [9.17, 15) is 55.3 Å². The van der Waals surface area contributed by atoms with E-state index >= 15 is 0 Å². The van der Waals surface area contributed by atoms with E-state index in [1.165, 1.54) is 97.1 Å². The van der Waals surface area contributed by atoms with E-state index < -0.39 is 65.2 Å². The second kappa shape index (κ2) is 14.3. The number of phenolic OH excluding ortho intramolecular Hbond substituents is 2. The highest BCUT2D eigenvalue weighted by molar-refractivity contribution is 7.86. The summed E-state index contributed by atoms with van der Waals surface area (Å²) >= 11 is 0. The third-order valence-corrected chi connectivity index (χ3v) is 9.82. The second-order valence-corrected chi connectivity index (χ2v) is 14.3. The van der Waals surface area contributed by atoms with E-state index in [0.29, 0.717) is 0 Å². The number of anilines is 4. The van der Waals surface area contributed by atoms with Crippen LogP contribution in [-0.2, 0) is 29.8 Å². The maximum absolute atomic E-state index is 13.0. The van der Waals surface area contributed by atoms with Crippen LogP contribution in [0, 0.1) is 0 Å². The van der Waals surface area contributed by atoms with Crippen LogP contribution >= 0.6 is 0 Å². The Morgan fingerprint density at radius 3 is 1.13 bits per heavy atom. The van der Waals surface area contributed by atoms with Crippen LogP contribution in [0.2, 0.25) is 0 Å². The zero-order chi connectivity index (χ0) is 38.9. The molecule has 54 heavy (non-hydrogen) atoms. The van der Waals surface area contributed by atoms with Crippen molar-refractivity contribution in [2.24, 2.45) is 0 Å². The fourth-order valence-electron chi connectivity index (χ4n) is 5.53. The minimum Gasteiger partial charge on any atom is -0.507 e. The van der Waals surface area contributed by atoms with Gasteiger partial charge in [0.2, 0.25) is 0 Å². The first-order chi connectivity index (χ1) is 25.5. The van der Waals surface area contributed by atoms with Crippen molar-refractivity contribution >= 4 is 88.2 Å². The summed E-state index contributed by atoms with van der Waals surface area (Å²) in [5.74, 6) is -4.22. The van der Waals surface area contributed by atoms with Crippen molar-refractivity contribution in [3.05, 3.63) is 120 Å². The maximum atomic E-state index is 13.0. The van der Waals surface area contributed by atoms with Crippen LogP contribution in [-0.4, -0.2) is 59.8 Å². The number of hydrogen-bond donors (Lipinski definition) is 8. The van der Waals surface area contributed by atoms with E-state index in [0.717, 1.165) is 12.1 Å². The number of aromatic hydroxyl groups is 2. The van der Waals surface area contributed by atoms with Crippen molar-refractivity contribution in [2.45, 2.75) is 9.79 Å². The van der Waals surface area contributed by atoms with E-state index in [2.05, 4.69) is 21.3 Å². The topological polar surface area (TPSA) is 266 Å². The number of nitrogens with one attached hydrogen (secondary N) is 4. The Morgan fingerprint density at radius 2 is 0.796 bits per heavy atom. The van der Waals surface area contributed by atoms with Crippen molar-refractivity contribution in [3.63, 3.8) is 0 Å². The third-order valence-electron chi connectivity index (χ3n) is 8.03. The molecule has 0 radical (unpaired) electrons. The van der Waals surface area contributed by atoms with Crippen molar-refractivity contribution in [1.29, 1.82) is 0 Å². The minimum atomic E-state index is -4.69. The molecule has 6 aromatic rings. The molecule has 0 fully saturated rings. The van der Waals surface area contributed by atoms with Crippen molar-refractivity contribution in [1.82, 2.24) is 0 Å². The SMILES string of the molecule is O=C(Nc1ccc(C(=O)Nc2ccc(S(=O)(=O)O)c3c(O)cccc23)cc1)C(=O)Nc1ccc(C(=O)Nc2ccc(S(=O)(=O)O)c3c(O)cccc23)cc1. The van der Waals surface area contributed by atoms with Gasteiger partial charge in [0.1, 0.15) is 21.3 Å². The van der Waals surface area contributed by atoms with Crippen LogP contribution in [0.1, 0.15) is 20.7 Å². The molecule has 0 unspecified atom stereocenters. The highest BCUT2D eigenvalue weighted by atomic mass is 32.2. The number of fused-ring (bicyclic) bond motifs is 2. The van der Waals surface area contributed by atoms with Gasteiger partial charge in [-0.15, -0.1) is 0 Å². The van der Waals surface area contributed by atoms with Gasteiger partial charge in [0, 0.05) is 55.4 Å². The molecule has 16 nitrogen and oxygen atoms in total. The largest absolute Gasteiger partial charge is 0.507 e. The molecule has 0 heterocycles. The summed E-state index contributed by atoms with van der Waals surface area (Å²) in [6, 6.07) is 23.7. The molecular weight excluding hydrogens is 745 g/mol. The summed E-state index contributed by atoms with van der Waals surface area (Å²) < 4.78 is 66.4. The van der Waals surface area contributed by atoms with Gasteiger partial charge in [0.15, 0.2) is 0 Å². The van der Waals surface area contributed by atoms with Gasteiger partial charge >= 0.3 is 11.8 Å². The molecule has 0 saturated heterocycles. The fraction of sp³-hybridized carbons (Fsp3) is 0. The summed E-state index contributed by atoms with van der Waals surface area (Å²) in [4.78, 5) is 50.1. The summed E-state index contributed by atoms with van der Waals surface area (Å²) in [6.07, 6.45) is 0. The molecule has 0 aliphatic heterocycles. The average Bonchev–Trinajstić information content (AvgIpc) is 3.12. The number of benzene rings is 6. The molecule has 6 rings (SSSR count). The predicted molar refractivity (Wildman–Crippen MR) is 197 cm³/mol. The molecule has 4 amide bonds. The lowest BCUT2D eigenvalue weighted by atomic mass is 10.1. The number of hydrogen-bond acceptors (Lipinski definition) is 10. The smallest absolute Gasteiger partial charge is 0.314 e. The van der Waals surface area contributed by atoms with Gasteiger partial charge in [-0.2, -0.15) is 16.8 Å². The lowest BCUT2D eigenvalue weighted by Crippen LogP contribution is -2.29. The highest BCUT2D eigenvalue weighted by Gasteiger charge is 2.22. The summed E-state index contributed by atoms with van der Waals surface area (Å²) in [5.41, 5.74) is 0.854. The number of carbonyl (C=O) groups excluding carboxylic acids is 4. The molecule has 0 aliphatic rings. The van der Waals surface area contributed by atoms with Gasteiger partial charge in [-0.1, -0.05) is 24.3 Å². The number of carbonyl (C=O) groups is 4. The molecule has 6 aromatic carbocycles. The number of rotatable bonds is 8. The zero-order valence-corrected chi connectivity index (χ0v) is 28.9. The first-order valence-electron chi connectivity index (χ1n) is 15.4. The van der Waals surface area contributed by atoms with Crippen molar-refractivity contribution in [2.75, 3.05) is 21.3 Å². The summed E-state index contributed by atoms with van der Waals surface area (Å²) in [5, 5.41) is 30.4. The minimum absolute atomic E-state index is 0.121. The predicted octanol–water partition coefficient (Wildman–Crippen LogP) is 4.98. The van der Waals surface area contributed by atoms with Crippen LogP contribution in [0.15, 0.2) is 119 Å². The van der Waals surface area contributed by atoms with Crippen LogP contribution in [0.4, 0.5) is 22.7 Å². The first-order valence-corrected chi connectivity index (χ1v) is 18.3. The molecule has 0 atom stereocenters. The van der Waals surface area contributed by atoms with Crippen LogP contribution in [0.5, 0.6) is 11.5 Å². The monoisotopic (exact) mass is 770 g/mol. The molecule has 8 N–H and O–H groups in total. The van der Waals surface area contributed by atoms with E-state index in [4.69, 9.17) is 0 Å². The molecule has 0 aliphatic carbocycles. The Hall–Kier alpha value is -6.86. The Balaban J connectivity index is 1.07. The van der Waals surface area contributed by atoms with Crippen LogP contribution in [0.25, 0.3) is 21.5 Å². The summed E-state index contributed by atoms with van der Waals surface area (Å²) in [7, 11) is -9.38. The van der Waals surface area contributed by atoms with Crippen molar-refractivity contribution < 1.29 is 55.3 Å². The van der Waals surface area contributed by atoms with E-state index in [1.54, 1.807) is 0 Å². The molecule has 274 valence electrons. The fourth-order valence-corrected chi connectivity index (χ4v) is 6.96. The van der Waals surface area contributed by atoms with Gasteiger partial charge in [-0.3, -0.25) is 28.3 Å². The molecule has 0 aromatic heterocycles. The lowest BCUT2D eigenvalue weighted by molar-refractivity contribution is -0.132. The lowest BCUT2D eigenvalue weighted by Gasteiger charge is -2.13. The van der Waals surface area contributed by atoms with Gasteiger partial charge < -0.3 is 31.5 Å². The van der Waals surface area contributed by atoms with Gasteiger partial charge in [-0.05, 0) is 84.9 Å². The number of amides is 4. The zero-order valence-electron chi connectivity index (χ0n) is 27.3. The molecular formula is C36H26N4O12S2. The Morgan fingerprint density at radius 1 is 0.444 bits per heavy atom. The van der Waals surface area contributed by atoms with Gasteiger partial charge in [-0.25, -0.2) is 0 Å². The highest BCUT2D eigenvalue weighted by Crippen LogP contribution is 2.37. The average molecular weight is 771 g/mol. The van der Waals surface area contributed by atoms with Crippen molar-refractivity contribution in [3.8, 4) is 11.5 Å². The quantitative estimate of drug-likeness (QED) is 0.0753. The number of phenols is 2. The third kappa shape index (κ3) is 7.66. The first kappa shape index (κ1) is 36.9. The van der Waals surface area contributed by atoms with E-state index in [-0.39, 0.29) is 55.4 Å². The Bertz CT molecular complexity index is 2560.